The van der Waals surface area contributed by atoms with Crippen molar-refractivity contribution in [3.05, 3.63) is 48.5 Å². The van der Waals surface area contributed by atoms with Crippen LogP contribution in [0.4, 0.5) is 0 Å². The highest BCUT2D eigenvalue weighted by atomic mass is 14.9. The van der Waals surface area contributed by atoms with Crippen molar-refractivity contribution in [1.82, 2.24) is 4.98 Å². The summed E-state index contributed by atoms with van der Waals surface area (Å²) in [4.78, 5) is 4.18. The normalized spacial score (nSPS) is 10.1. The maximum atomic E-state index is 4.18. The molecule has 0 N–H and O–H groups in total. The molecule has 2 heteroatoms. The SMILES string of the molecule is Cc1cc(-c2ccc[n+](C)c2)ccn1. The zero-order valence-corrected chi connectivity index (χ0v) is 8.44. The molecule has 2 rings (SSSR count). The van der Waals surface area contributed by atoms with E-state index >= 15 is 0 Å². The summed E-state index contributed by atoms with van der Waals surface area (Å²) in [6.07, 6.45) is 5.98. The summed E-state index contributed by atoms with van der Waals surface area (Å²) < 4.78 is 2.05. The number of pyridine rings is 2. The van der Waals surface area contributed by atoms with Crippen LogP contribution in [0.5, 0.6) is 0 Å². The molecule has 0 fully saturated rings. The van der Waals surface area contributed by atoms with Gasteiger partial charge in [-0.05, 0) is 30.7 Å². The quantitative estimate of drug-likeness (QED) is 0.620. The molecule has 2 aromatic rings. The summed E-state index contributed by atoms with van der Waals surface area (Å²) in [6, 6.07) is 8.28. The average Bonchev–Trinajstić information content (AvgIpc) is 2.18. The van der Waals surface area contributed by atoms with Crippen LogP contribution in [0.2, 0.25) is 0 Å². The zero-order chi connectivity index (χ0) is 9.97. The van der Waals surface area contributed by atoms with E-state index in [-0.39, 0.29) is 0 Å². The lowest BCUT2D eigenvalue weighted by Crippen LogP contribution is -2.26. The fourth-order valence-corrected chi connectivity index (χ4v) is 1.48. The summed E-state index contributed by atoms with van der Waals surface area (Å²) in [5.41, 5.74) is 3.49. The predicted octanol–water partition coefficient (Wildman–Crippen LogP) is 1.88. The number of rotatable bonds is 1. The molecule has 0 aliphatic carbocycles. The maximum Gasteiger partial charge on any atom is 0.176 e. The van der Waals surface area contributed by atoms with Gasteiger partial charge >= 0.3 is 0 Å². The minimum absolute atomic E-state index is 1.05. The Hall–Kier alpha value is -1.70. The molecule has 0 aliphatic rings. The second kappa shape index (κ2) is 3.58. The van der Waals surface area contributed by atoms with E-state index in [1.165, 1.54) is 11.1 Å². The third kappa shape index (κ3) is 1.79. The molecule has 0 unspecified atom stereocenters. The molecular formula is C12H13N2+. The van der Waals surface area contributed by atoms with Crippen LogP contribution >= 0.6 is 0 Å². The van der Waals surface area contributed by atoms with Crippen molar-refractivity contribution in [3.8, 4) is 11.1 Å². The summed E-state index contributed by atoms with van der Waals surface area (Å²) in [7, 11) is 2.03. The van der Waals surface area contributed by atoms with Crippen molar-refractivity contribution < 1.29 is 4.57 Å². The minimum Gasteiger partial charge on any atom is -0.262 e. The first-order valence-electron chi connectivity index (χ1n) is 4.64. The minimum atomic E-state index is 1.05. The standard InChI is InChI=1S/C12H13N2/c1-10-8-11(5-6-13-10)12-4-3-7-14(2)9-12/h3-9H,1-2H3/q+1. The first-order valence-corrected chi connectivity index (χ1v) is 4.64. The summed E-state index contributed by atoms with van der Waals surface area (Å²) in [5.74, 6) is 0. The molecule has 0 spiro atoms. The average molecular weight is 185 g/mol. The molecule has 2 nitrogen and oxygen atoms in total. The van der Waals surface area contributed by atoms with Gasteiger partial charge in [-0.15, -0.1) is 0 Å². The fraction of sp³-hybridized carbons (Fsp3) is 0.167. The molecule has 0 amide bonds. The van der Waals surface area contributed by atoms with Gasteiger partial charge in [0.1, 0.15) is 7.05 Å². The summed E-state index contributed by atoms with van der Waals surface area (Å²) >= 11 is 0. The van der Waals surface area contributed by atoms with Crippen LogP contribution < -0.4 is 4.57 Å². The monoisotopic (exact) mass is 185 g/mol. The van der Waals surface area contributed by atoms with Gasteiger partial charge < -0.3 is 0 Å². The van der Waals surface area contributed by atoms with E-state index in [1.807, 2.05) is 43.1 Å². The van der Waals surface area contributed by atoms with E-state index in [4.69, 9.17) is 0 Å². The van der Waals surface area contributed by atoms with Crippen LogP contribution in [-0.2, 0) is 7.05 Å². The molecule has 0 aromatic carbocycles. The largest absolute Gasteiger partial charge is 0.262 e. The van der Waals surface area contributed by atoms with Crippen molar-refractivity contribution in [3.63, 3.8) is 0 Å². The Kier molecular flexibility index (Phi) is 2.27. The van der Waals surface area contributed by atoms with E-state index in [9.17, 15) is 0 Å². The Balaban J connectivity index is 2.49. The zero-order valence-electron chi connectivity index (χ0n) is 8.44. The van der Waals surface area contributed by atoms with Gasteiger partial charge in [0, 0.05) is 23.5 Å². The van der Waals surface area contributed by atoms with Crippen LogP contribution in [0.15, 0.2) is 42.9 Å². The molecule has 70 valence electrons. The van der Waals surface area contributed by atoms with E-state index in [1.54, 1.807) is 0 Å². The summed E-state index contributed by atoms with van der Waals surface area (Å²) in [5, 5.41) is 0. The highest BCUT2D eigenvalue weighted by Gasteiger charge is 2.01. The molecule has 0 atom stereocenters. The van der Waals surface area contributed by atoms with E-state index < -0.39 is 0 Å². The Labute approximate surface area is 83.9 Å². The molecule has 0 aliphatic heterocycles. The molecule has 0 bridgehead atoms. The van der Waals surface area contributed by atoms with Gasteiger partial charge in [0.15, 0.2) is 12.4 Å². The molecule has 0 saturated carbocycles. The number of hydrogen-bond acceptors (Lipinski definition) is 1. The third-order valence-electron chi connectivity index (χ3n) is 2.17. The number of aryl methyl sites for hydroxylation is 2. The van der Waals surface area contributed by atoms with Crippen molar-refractivity contribution in [2.75, 3.05) is 0 Å². The Morgan fingerprint density at radius 1 is 1.21 bits per heavy atom. The highest BCUT2D eigenvalue weighted by Crippen LogP contribution is 2.16. The van der Waals surface area contributed by atoms with E-state index in [0.29, 0.717) is 0 Å². The molecule has 2 aromatic heterocycles. The Bertz CT molecular complexity index is 406. The van der Waals surface area contributed by atoms with Gasteiger partial charge in [-0.3, -0.25) is 4.98 Å². The van der Waals surface area contributed by atoms with Gasteiger partial charge in [-0.1, -0.05) is 0 Å². The van der Waals surface area contributed by atoms with Gasteiger partial charge in [0.05, 0.1) is 0 Å². The van der Waals surface area contributed by atoms with Crippen molar-refractivity contribution in [2.45, 2.75) is 6.92 Å². The van der Waals surface area contributed by atoms with Crippen LogP contribution in [0.3, 0.4) is 0 Å². The van der Waals surface area contributed by atoms with Crippen LogP contribution in [0.1, 0.15) is 5.69 Å². The lowest BCUT2D eigenvalue weighted by atomic mass is 10.1. The number of aromatic nitrogens is 2. The smallest absolute Gasteiger partial charge is 0.176 e. The van der Waals surface area contributed by atoms with Crippen molar-refractivity contribution >= 4 is 0 Å². The van der Waals surface area contributed by atoms with Crippen molar-refractivity contribution in [1.29, 1.82) is 0 Å². The van der Waals surface area contributed by atoms with Gasteiger partial charge in [0.25, 0.3) is 0 Å². The lowest BCUT2D eigenvalue weighted by molar-refractivity contribution is -0.671. The molecular weight excluding hydrogens is 172 g/mol. The fourth-order valence-electron chi connectivity index (χ4n) is 1.48. The van der Waals surface area contributed by atoms with Gasteiger partial charge in [-0.25, -0.2) is 4.57 Å². The Morgan fingerprint density at radius 3 is 2.79 bits per heavy atom. The van der Waals surface area contributed by atoms with Crippen molar-refractivity contribution in [2.24, 2.45) is 7.05 Å². The Morgan fingerprint density at radius 2 is 2.07 bits per heavy atom. The van der Waals surface area contributed by atoms with Gasteiger partial charge in [-0.2, -0.15) is 0 Å². The number of hydrogen-bond donors (Lipinski definition) is 0. The first kappa shape index (κ1) is 8.88. The number of nitrogens with zero attached hydrogens (tertiary/aromatic N) is 2. The second-order valence-electron chi connectivity index (χ2n) is 3.44. The molecule has 0 saturated heterocycles. The van der Waals surface area contributed by atoms with E-state index in [2.05, 4.69) is 23.3 Å². The van der Waals surface area contributed by atoms with E-state index in [0.717, 1.165) is 5.69 Å². The third-order valence-corrected chi connectivity index (χ3v) is 2.17. The maximum absolute atomic E-state index is 4.18. The lowest BCUT2D eigenvalue weighted by Gasteiger charge is -1.99. The molecule has 0 radical (unpaired) electrons. The molecule has 2 heterocycles. The van der Waals surface area contributed by atoms with Crippen LogP contribution in [0.25, 0.3) is 11.1 Å². The van der Waals surface area contributed by atoms with Crippen LogP contribution in [-0.4, -0.2) is 4.98 Å². The first-order chi connectivity index (χ1) is 6.75. The predicted molar refractivity (Wildman–Crippen MR) is 55.6 cm³/mol. The van der Waals surface area contributed by atoms with Crippen LogP contribution in [0, 0.1) is 6.92 Å². The molecule has 14 heavy (non-hydrogen) atoms. The summed E-state index contributed by atoms with van der Waals surface area (Å²) in [6.45, 7) is 2.01. The topological polar surface area (TPSA) is 16.8 Å². The second-order valence-corrected chi connectivity index (χ2v) is 3.44. The highest BCUT2D eigenvalue weighted by molar-refractivity contribution is 5.61. The van der Waals surface area contributed by atoms with Gasteiger partial charge in [0.2, 0.25) is 0 Å².